The van der Waals surface area contributed by atoms with Crippen LogP contribution in [0, 0.1) is 0 Å². The molecule has 2 rings (SSSR count). The van der Waals surface area contributed by atoms with E-state index in [1.165, 1.54) is 18.7 Å². The third-order valence-corrected chi connectivity index (χ3v) is 2.83. The van der Waals surface area contributed by atoms with Gasteiger partial charge < -0.3 is 15.4 Å². The molecular formula is C9H9N5O3S. The van der Waals surface area contributed by atoms with E-state index in [2.05, 4.69) is 24.9 Å². The number of aromatic amines is 1. The Balaban J connectivity index is 2.03. The largest absolute Gasteiger partial charge is 0.480 e. The summed E-state index contributed by atoms with van der Waals surface area (Å²) in [6.45, 7) is 0. The summed E-state index contributed by atoms with van der Waals surface area (Å²) >= 11 is 0.906. The molecular weight excluding hydrogens is 258 g/mol. The van der Waals surface area contributed by atoms with E-state index in [1.54, 1.807) is 0 Å². The third-order valence-electron chi connectivity index (χ3n) is 2.17. The summed E-state index contributed by atoms with van der Waals surface area (Å²) in [7, 11) is 0. The SMILES string of the molecule is O=C(N[C@H](Cc1cnc[nH]1)C(=O)O)c1cnns1. The highest BCUT2D eigenvalue weighted by molar-refractivity contribution is 7.07. The second-order valence-corrected chi connectivity index (χ2v) is 4.21. The number of carbonyl (C=O) groups is 2. The minimum atomic E-state index is -1.12. The van der Waals surface area contributed by atoms with Gasteiger partial charge in [-0.15, -0.1) is 5.10 Å². The first-order valence-electron chi connectivity index (χ1n) is 4.95. The number of carbonyl (C=O) groups excluding carboxylic acids is 1. The molecule has 1 atom stereocenters. The summed E-state index contributed by atoms with van der Waals surface area (Å²) in [5.41, 5.74) is 0.630. The van der Waals surface area contributed by atoms with E-state index >= 15 is 0 Å². The Morgan fingerprint density at radius 2 is 2.33 bits per heavy atom. The fraction of sp³-hybridized carbons (Fsp3) is 0.222. The van der Waals surface area contributed by atoms with Gasteiger partial charge in [0.25, 0.3) is 5.91 Å². The zero-order valence-electron chi connectivity index (χ0n) is 9.03. The maximum Gasteiger partial charge on any atom is 0.326 e. The zero-order chi connectivity index (χ0) is 13.0. The van der Waals surface area contributed by atoms with E-state index < -0.39 is 17.9 Å². The number of nitrogens with zero attached hydrogens (tertiary/aromatic N) is 3. The molecule has 0 fully saturated rings. The minimum absolute atomic E-state index is 0.132. The summed E-state index contributed by atoms with van der Waals surface area (Å²) in [4.78, 5) is 29.6. The third kappa shape index (κ3) is 2.88. The van der Waals surface area contributed by atoms with Crippen LogP contribution in [0.4, 0.5) is 0 Å². The van der Waals surface area contributed by atoms with Crippen LogP contribution in [0.3, 0.4) is 0 Å². The first kappa shape index (κ1) is 12.2. The maximum absolute atomic E-state index is 11.7. The molecule has 94 valence electrons. The number of nitrogens with one attached hydrogen (secondary N) is 2. The van der Waals surface area contributed by atoms with Gasteiger partial charge in [0.1, 0.15) is 10.9 Å². The van der Waals surface area contributed by atoms with E-state index in [0.717, 1.165) is 11.5 Å². The Morgan fingerprint density at radius 1 is 1.50 bits per heavy atom. The molecule has 2 heterocycles. The van der Waals surface area contributed by atoms with Gasteiger partial charge in [-0.1, -0.05) is 4.49 Å². The van der Waals surface area contributed by atoms with Crippen LogP contribution in [0.1, 0.15) is 15.4 Å². The average Bonchev–Trinajstić information content (AvgIpc) is 3.00. The Labute approximate surface area is 105 Å². The predicted octanol–water partition coefficient (Wildman–Crippen LogP) is -0.313. The molecule has 0 saturated carbocycles. The van der Waals surface area contributed by atoms with Gasteiger partial charge in [0, 0.05) is 18.3 Å². The molecule has 0 aromatic carbocycles. The van der Waals surface area contributed by atoms with Crippen LogP contribution in [-0.4, -0.2) is 42.6 Å². The molecule has 0 unspecified atom stereocenters. The second kappa shape index (κ2) is 5.36. The number of rotatable bonds is 5. The number of carboxylic acid groups (broad SMARTS) is 1. The van der Waals surface area contributed by atoms with Crippen molar-refractivity contribution in [3.8, 4) is 0 Å². The topological polar surface area (TPSA) is 121 Å². The number of aliphatic carboxylic acids is 1. The van der Waals surface area contributed by atoms with Crippen LogP contribution < -0.4 is 5.32 Å². The number of H-pyrrole nitrogens is 1. The van der Waals surface area contributed by atoms with Crippen LogP contribution in [-0.2, 0) is 11.2 Å². The first-order valence-corrected chi connectivity index (χ1v) is 5.72. The molecule has 2 aromatic heterocycles. The van der Waals surface area contributed by atoms with Gasteiger partial charge in [-0.25, -0.2) is 9.78 Å². The number of amides is 1. The molecule has 9 heteroatoms. The van der Waals surface area contributed by atoms with E-state index in [1.807, 2.05) is 0 Å². The standard InChI is InChI=1S/C9H9N5O3S/c15-8(7-3-12-14-18-7)13-6(9(16)17)1-5-2-10-4-11-5/h2-4,6H,1H2,(H,10,11)(H,13,15)(H,16,17)/t6-/m1/s1. The van der Waals surface area contributed by atoms with Crippen LogP contribution in [0.2, 0.25) is 0 Å². The molecule has 0 bridgehead atoms. The predicted molar refractivity (Wildman–Crippen MR) is 61.1 cm³/mol. The van der Waals surface area contributed by atoms with E-state index in [0.29, 0.717) is 5.69 Å². The maximum atomic E-state index is 11.7. The van der Waals surface area contributed by atoms with Crippen LogP contribution in [0.15, 0.2) is 18.7 Å². The highest BCUT2D eigenvalue weighted by atomic mass is 32.1. The summed E-state index contributed by atoms with van der Waals surface area (Å²) in [6, 6.07) is -1.03. The lowest BCUT2D eigenvalue weighted by atomic mass is 10.1. The molecule has 18 heavy (non-hydrogen) atoms. The Bertz CT molecular complexity index is 524. The van der Waals surface area contributed by atoms with E-state index in [9.17, 15) is 9.59 Å². The Hall–Kier alpha value is -2.29. The molecule has 0 aliphatic carbocycles. The summed E-state index contributed by atoms with van der Waals surface area (Å²) in [5.74, 6) is -1.62. The fourth-order valence-electron chi connectivity index (χ4n) is 1.31. The summed E-state index contributed by atoms with van der Waals surface area (Å²) < 4.78 is 3.54. The quantitative estimate of drug-likeness (QED) is 0.683. The van der Waals surface area contributed by atoms with Gasteiger partial charge in [0.05, 0.1) is 12.5 Å². The first-order chi connectivity index (χ1) is 8.66. The molecule has 0 aliphatic rings. The number of hydrogen-bond donors (Lipinski definition) is 3. The van der Waals surface area contributed by atoms with Crippen molar-refractivity contribution in [1.82, 2.24) is 24.9 Å². The van der Waals surface area contributed by atoms with E-state index in [-0.39, 0.29) is 11.3 Å². The molecule has 0 aliphatic heterocycles. The van der Waals surface area contributed by atoms with Gasteiger partial charge >= 0.3 is 5.97 Å². The van der Waals surface area contributed by atoms with Crippen molar-refractivity contribution in [2.45, 2.75) is 12.5 Å². The second-order valence-electron chi connectivity index (χ2n) is 3.43. The average molecular weight is 267 g/mol. The van der Waals surface area contributed by atoms with Crippen LogP contribution in [0.25, 0.3) is 0 Å². The molecule has 3 N–H and O–H groups in total. The number of hydrogen-bond acceptors (Lipinski definition) is 6. The van der Waals surface area contributed by atoms with Crippen molar-refractivity contribution in [3.05, 3.63) is 29.3 Å². The number of aromatic nitrogens is 4. The monoisotopic (exact) mass is 267 g/mol. The van der Waals surface area contributed by atoms with Gasteiger partial charge in [-0.05, 0) is 11.5 Å². The van der Waals surface area contributed by atoms with Gasteiger partial charge in [0.15, 0.2) is 0 Å². The number of imidazole rings is 1. The van der Waals surface area contributed by atoms with Crippen molar-refractivity contribution in [1.29, 1.82) is 0 Å². The number of carboxylic acids is 1. The Morgan fingerprint density at radius 3 is 2.89 bits per heavy atom. The summed E-state index contributed by atoms with van der Waals surface area (Å²) in [6.07, 6.45) is 4.38. The molecule has 0 spiro atoms. The smallest absolute Gasteiger partial charge is 0.326 e. The summed E-state index contributed by atoms with van der Waals surface area (Å²) in [5, 5.41) is 15.0. The van der Waals surface area contributed by atoms with Crippen molar-refractivity contribution in [2.24, 2.45) is 0 Å². The highest BCUT2D eigenvalue weighted by Gasteiger charge is 2.22. The minimum Gasteiger partial charge on any atom is -0.480 e. The lowest BCUT2D eigenvalue weighted by Gasteiger charge is -2.12. The van der Waals surface area contributed by atoms with Crippen molar-refractivity contribution in [2.75, 3.05) is 0 Å². The van der Waals surface area contributed by atoms with Crippen LogP contribution in [0.5, 0.6) is 0 Å². The fourth-order valence-corrected chi connectivity index (χ4v) is 1.73. The van der Waals surface area contributed by atoms with Gasteiger partial charge in [0.2, 0.25) is 0 Å². The van der Waals surface area contributed by atoms with Crippen molar-refractivity contribution < 1.29 is 14.7 Å². The zero-order valence-corrected chi connectivity index (χ0v) is 9.85. The molecule has 1 amide bonds. The van der Waals surface area contributed by atoms with Gasteiger partial charge in [-0.3, -0.25) is 4.79 Å². The molecule has 0 radical (unpaired) electrons. The molecule has 8 nitrogen and oxygen atoms in total. The molecule has 2 aromatic rings. The van der Waals surface area contributed by atoms with Crippen molar-refractivity contribution >= 4 is 23.4 Å². The lowest BCUT2D eigenvalue weighted by molar-refractivity contribution is -0.139. The lowest BCUT2D eigenvalue weighted by Crippen LogP contribution is -2.42. The highest BCUT2D eigenvalue weighted by Crippen LogP contribution is 2.04. The Kier molecular flexibility index (Phi) is 3.63. The van der Waals surface area contributed by atoms with Crippen LogP contribution >= 0.6 is 11.5 Å². The van der Waals surface area contributed by atoms with Gasteiger partial charge in [-0.2, -0.15) is 0 Å². The van der Waals surface area contributed by atoms with E-state index in [4.69, 9.17) is 5.11 Å². The van der Waals surface area contributed by atoms with Crippen molar-refractivity contribution in [3.63, 3.8) is 0 Å². The normalized spacial score (nSPS) is 12.0. The molecule has 0 saturated heterocycles.